The molecule has 0 fully saturated rings. The number of nitrogens with one attached hydrogen (secondary N) is 1. The van der Waals surface area contributed by atoms with Crippen LogP contribution in [-0.4, -0.2) is 18.8 Å². The first-order valence-electron chi connectivity index (χ1n) is 7.29. The molecule has 2 rings (SSSR count). The maximum Gasteiger partial charge on any atom is 0.248 e. The number of para-hydroxylation sites is 1. The summed E-state index contributed by atoms with van der Waals surface area (Å²) in [5, 5.41) is 2.83. The van der Waals surface area contributed by atoms with E-state index in [9.17, 15) is 9.18 Å². The third-order valence-electron chi connectivity index (χ3n) is 3.10. The number of ether oxygens (including phenoxy) is 1. The smallest absolute Gasteiger partial charge is 0.248 e. The Hall–Kier alpha value is -2.53. The van der Waals surface area contributed by atoms with Crippen molar-refractivity contribution in [3.8, 4) is 5.75 Å². The highest BCUT2D eigenvalue weighted by molar-refractivity contribution is 7.99. The van der Waals surface area contributed by atoms with Gasteiger partial charge in [0.25, 0.3) is 0 Å². The summed E-state index contributed by atoms with van der Waals surface area (Å²) in [7, 11) is 1.41. The topological polar surface area (TPSA) is 38.3 Å². The van der Waals surface area contributed by atoms with Crippen LogP contribution < -0.4 is 10.1 Å². The van der Waals surface area contributed by atoms with Gasteiger partial charge in [-0.15, -0.1) is 18.3 Å². The van der Waals surface area contributed by atoms with Crippen molar-refractivity contribution < 1.29 is 13.9 Å². The van der Waals surface area contributed by atoms with E-state index in [-0.39, 0.29) is 11.7 Å². The lowest BCUT2D eigenvalue weighted by atomic mass is 10.2. The fourth-order valence-corrected chi connectivity index (χ4v) is 2.72. The number of carbonyl (C=O) groups is 1. The lowest BCUT2D eigenvalue weighted by Gasteiger charge is -2.08. The number of halogens is 1. The molecule has 0 heterocycles. The summed E-state index contributed by atoms with van der Waals surface area (Å²) in [6.07, 6.45) is 4.73. The number of amides is 1. The molecule has 1 N–H and O–H groups in total. The predicted octanol–water partition coefficient (Wildman–Crippen LogP) is 4.76. The van der Waals surface area contributed by atoms with Gasteiger partial charge >= 0.3 is 0 Å². The summed E-state index contributed by atoms with van der Waals surface area (Å²) in [6.45, 7) is 3.69. The maximum atomic E-state index is 13.6. The van der Waals surface area contributed by atoms with Gasteiger partial charge in [0.1, 0.15) is 0 Å². The number of carbonyl (C=O) groups excluding carboxylic acids is 1. The van der Waals surface area contributed by atoms with Gasteiger partial charge in [-0.1, -0.05) is 24.3 Å². The Morgan fingerprint density at radius 2 is 2.12 bits per heavy atom. The second-order valence-corrected chi connectivity index (χ2v) is 5.87. The SMILES string of the molecule is C=CCSc1ccccc1NC(=O)/C=C/c1ccc(OC)c(F)c1. The molecular formula is C19H18FNO2S. The molecule has 0 atom stereocenters. The van der Waals surface area contributed by atoms with Crippen LogP contribution in [0.3, 0.4) is 0 Å². The second kappa shape index (κ2) is 8.93. The van der Waals surface area contributed by atoms with Crippen molar-refractivity contribution in [3.05, 3.63) is 72.6 Å². The van der Waals surface area contributed by atoms with Gasteiger partial charge in [0.05, 0.1) is 12.8 Å². The Balaban J connectivity index is 2.05. The molecule has 2 aromatic carbocycles. The van der Waals surface area contributed by atoms with Crippen molar-refractivity contribution in [3.63, 3.8) is 0 Å². The Morgan fingerprint density at radius 3 is 2.83 bits per heavy atom. The number of benzene rings is 2. The largest absolute Gasteiger partial charge is 0.494 e. The molecule has 0 spiro atoms. The van der Waals surface area contributed by atoms with Crippen molar-refractivity contribution in [2.45, 2.75) is 4.90 Å². The third kappa shape index (κ3) is 4.99. The van der Waals surface area contributed by atoms with Gasteiger partial charge in [-0.05, 0) is 35.9 Å². The van der Waals surface area contributed by atoms with Crippen LogP contribution >= 0.6 is 11.8 Å². The fraction of sp³-hybridized carbons (Fsp3) is 0.105. The number of thioether (sulfide) groups is 1. The highest BCUT2D eigenvalue weighted by atomic mass is 32.2. The molecule has 0 aliphatic rings. The van der Waals surface area contributed by atoms with Gasteiger partial charge in [-0.25, -0.2) is 4.39 Å². The highest BCUT2D eigenvalue weighted by Crippen LogP contribution is 2.27. The molecule has 0 saturated heterocycles. The Kier molecular flexibility index (Phi) is 6.63. The maximum absolute atomic E-state index is 13.6. The fourth-order valence-electron chi connectivity index (χ4n) is 1.98. The van der Waals surface area contributed by atoms with E-state index in [4.69, 9.17) is 4.74 Å². The van der Waals surface area contributed by atoms with E-state index in [1.807, 2.05) is 24.3 Å². The first kappa shape index (κ1) is 17.8. The van der Waals surface area contributed by atoms with Gasteiger partial charge in [0.15, 0.2) is 11.6 Å². The molecule has 0 unspecified atom stereocenters. The van der Waals surface area contributed by atoms with Crippen molar-refractivity contribution in [1.82, 2.24) is 0 Å². The summed E-state index contributed by atoms with van der Waals surface area (Å²) in [5.41, 5.74) is 1.32. The van der Waals surface area contributed by atoms with Crippen molar-refractivity contribution in [1.29, 1.82) is 0 Å². The van der Waals surface area contributed by atoms with Crippen LogP contribution in [0.15, 0.2) is 66.1 Å². The summed E-state index contributed by atoms with van der Waals surface area (Å²) in [4.78, 5) is 13.0. The summed E-state index contributed by atoms with van der Waals surface area (Å²) < 4.78 is 18.5. The van der Waals surface area contributed by atoms with E-state index in [1.54, 1.807) is 30.0 Å². The molecule has 5 heteroatoms. The quantitative estimate of drug-likeness (QED) is 0.447. The first-order valence-corrected chi connectivity index (χ1v) is 8.28. The van der Waals surface area contributed by atoms with Crippen LogP contribution in [0.2, 0.25) is 0 Å². The van der Waals surface area contributed by atoms with Crippen LogP contribution in [0.25, 0.3) is 6.08 Å². The molecule has 0 radical (unpaired) electrons. The molecule has 24 heavy (non-hydrogen) atoms. The van der Waals surface area contributed by atoms with Crippen LogP contribution in [0.4, 0.5) is 10.1 Å². The first-order chi connectivity index (χ1) is 11.6. The van der Waals surface area contributed by atoms with Crippen molar-refractivity contribution >= 4 is 29.4 Å². The molecule has 3 nitrogen and oxygen atoms in total. The molecule has 0 aliphatic carbocycles. The number of methoxy groups -OCH3 is 1. The monoisotopic (exact) mass is 343 g/mol. The van der Waals surface area contributed by atoms with Crippen LogP contribution in [-0.2, 0) is 4.79 Å². The molecular weight excluding hydrogens is 325 g/mol. The predicted molar refractivity (Wildman–Crippen MR) is 98.0 cm³/mol. The lowest BCUT2D eigenvalue weighted by molar-refractivity contribution is -0.111. The number of rotatable bonds is 7. The summed E-state index contributed by atoms with van der Waals surface area (Å²) in [6, 6.07) is 12.1. The van der Waals surface area contributed by atoms with Gasteiger partial charge < -0.3 is 10.1 Å². The highest BCUT2D eigenvalue weighted by Gasteiger charge is 2.05. The normalized spacial score (nSPS) is 10.6. The average molecular weight is 343 g/mol. The van der Waals surface area contributed by atoms with E-state index >= 15 is 0 Å². The molecule has 0 saturated carbocycles. The number of anilines is 1. The molecule has 0 aromatic heterocycles. The Morgan fingerprint density at radius 1 is 1.33 bits per heavy atom. The number of hydrogen-bond acceptors (Lipinski definition) is 3. The van der Waals surface area contributed by atoms with Crippen molar-refractivity contribution in [2.24, 2.45) is 0 Å². The van der Waals surface area contributed by atoms with Gasteiger partial charge in [0.2, 0.25) is 5.91 Å². The van der Waals surface area contributed by atoms with Gasteiger partial charge in [0, 0.05) is 16.7 Å². The summed E-state index contributed by atoms with van der Waals surface area (Å²) in [5.74, 6) is 0.183. The molecule has 0 bridgehead atoms. The molecule has 0 aliphatic heterocycles. The minimum atomic E-state index is -0.466. The third-order valence-corrected chi connectivity index (χ3v) is 4.17. The zero-order valence-electron chi connectivity index (χ0n) is 13.3. The van der Waals surface area contributed by atoms with E-state index in [1.165, 1.54) is 25.3 Å². The standard InChI is InChI=1S/C19H18FNO2S/c1-3-12-24-18-7-5-4-6-16(18)21-19(22)11-9-14-8-10-17(23-2)15(20)13-14/h3-11,13H,1,12H2,2H3,(H,21,22)/b11-9+. The van der Waals surface area contributed by atoms with Crippen molar-refractivity contribution in [2.75, 3.05) is 18.2 Å². The lowest BCUT2D eigenvalue weighted by Crippen LogP contribution is -2.08. The molecule has 1 amide bonds. The van der Waals surface area contributed by atoms with Gasteiger partial charge in [-0.2, -0.15) is 0 Å². The molecule has 124 valence electrons. The van der Waals surface area contributed by atoms with Crippen LogP contribution in [0, 0.1) is 5.82 Å². The average Bonchev–Trinajstić information content (AvgIpc) is 2.59. The zero-order chi connectivity index (χ0) is 17.4. The minimum Gasteiger partial charge on any atom is -0.494 e. The Bertz CT molecular complexity index is 759. The van der Waals surface area contributed by atoms with E-state index < -0.39 is 5.82 Å². The number of hydrogen-bond donors (Lipinski definition) is 1. The van der Waals surface area contributed by atoms with Gasteiger partial charge in [-0.3, -0.25) is 4.79 Å². The molecule has 2 aromatic rings. The van der Waals surface area contributed by atoms with E-state index in [0.29, 0.717) is 5.56 Å². The van der Waals surface area contributed by atoms with Crippen LogP contribution in [0.1, 0.15) is 5.56 Å². The summed E-state index contributed by atoms with van der Waals surface area (Å²) >= 11 is 1.59. The van der Waals surface area contributed by atoms with E-state index in [0.717, 1.165) is 16.3 Å². The Labute approximate surface area is 145 Å². The minimum absolute atomic E-state index is 0.171. The van der Waals surface area contributed by atoms with Crippen LogP contribution in [0.5, 0.6) is 5.75 Å². The second-order valence-electron chi connectivity index (χ2n) is 4.81. The van der Waals surface area contributed by atoms with E-state index in [2.05, 4.69) is 11.9 Å². The zero-order valence-corrected chi connectivity index (χ0v) is 14.1.